The minimum atomic E-state index is -0.215. The van der Waals surface area contributed by atoms with Gasteiger partial charge in [0.15, 0.2) is 5.82 Å². The van der Waals surface area contributed by atoms with Crippen LogP contribution in [0.5, 0.6) is 0 Å². The van der Waals surface area contributed by atoms with Gasteiger partial charge in [-0.1, -0.05) is 106 Å². The normalized spacial score (nSPS) is 18.4. The Bertz CT molecular complexity index is 2470. The van der Waals surface area contributed by atoms with Crippen LogP contribution >= 0.6 is 11.3 Å². The van der Waals surface area contributed by atoms with E-state index in [0.717, 1.165) is 22.8 Å². The Kier molecular flexibility index (Phi) is 5.61. The predicted molar refractivity (Wildman–Crippen MR) is 196 cm³/mol. The fourth-order valence-electron chi connectivity index (χ4n) is 8.71. The number of rotatable bonds is 3. The smallest absolute Gasteiger partial charge is 0.160 e. The standard InChI is InChI=1S/C43H33N3S/c1-25-28-13-5-4-12-26(28)23-36-39(25)31-16-7-10-18-35(31)46(36)24-34-40-41(30-15-6-9-17-33(30)43(40,2)3)45-42(44-34)27-20-21-38-32(22-27)29-14-8-11-19-37(29)47-38/h4-23,25,39H,24H2,1-3H3. The molecule has 3 heterocycles. The summed E-state index contributed by atoms with van der Waals surface area (Å²) in [7, 11) is 0. The summed E-state index contributed by atoms with van der Waals surface area (Å²) in [6, 6.07) is 42.1. The largest absolute Gasteiger partial charge is 0.338 e. The molecule has 47 heavy (non-hydrogen) atoms. The molecule has 4 heteroatoms. The van der Waals surface area contributed by atoms with Gasteiger partial charge in [0.25, 0.3) is 0 Å². The first-order chi connectivity index (χ1) is 23.0. The lowest BCUT2D eigenvalue weighted by atomic mass is 9.76. The number of benzene rings is 5. The molecule has 0 fully saturated rings. The van der Waals surface area contributed by atoms with Gasteiger partial charge >= 0.3 is 0 Å². The number of nitrogens with zero attached hydrogens (tertiary/aromatic N) is 3. The van der Waals surface area contributed by atoms with Crippen molar-refractivity contribution >= 4 is 43.3 Å². The maximum atomic E-state index is 5.53. The molecule has 2 aromatic heterocycles. The van der Waals surface area contributed by atoms with Crippen LogP contribution in [0.1, 0.15) is 66.1 Å². The average molecular weight is 624 g/mol. The molecule has 1 aliphatic heterocycles. The molecule has 0 amide bonds. The van der Waals surface area contributed by atoms with Crippen molar-refractivity contribution in [1.29, 1.82) is 0 Å². The molecule has 10 rings (SSSR count). The minimum Gasteiger partial charge on any atom is -0.338 e. The van der Waals surface area contributed by atoms with Crippen LogP contribution in [0.3, 0.4) is 0 Å². The molecule has 0 saturated heterocycles. The summed E-state index contributed by atoms with van der Waals surface area (Å²) in [5, 5.41) is 2.56. The van der Waals surface area contributed by atoms with Crippen LogP contribution in [0.15, 0.2) is 121 Å². The van der Waals surface area contributed by atoms with Crippen molar-refractivity contribution < 1.29 is 0 Å². The van der Waals surface area contributed by atoms with Crippen LogP contribution < -0.4 is 4.90 Å². The summed E-state index contributed by atoms with van der Waals surface area (Å²) in [5.74, 6) is 1.50. The summed E-state index contributed by atoms with van der Waals surface area (Å²) in [4.78, 5) is 13.5. The third-order valence-corrected chi connectivity index (χ3v) is 12.0. The lowest BCUT2D eigenvalue weighted by Crippen LogP contribution is -2.27. The lowest BCUT2D eigenvalue weighted by molar-refractivity contribution is 0.628. The van der Waals surface area contributed by atoms with Crippen molar-refractivity contribution in [3.05, 3.63) is 154 Å². The van der Waals surface area contributed by atoms with Gasteiger partial charge in [-0.25, -0.2) is 9.97 Å². The van der Waals surface area contributed by atoms with Crippen molar-refractivity contribution in [2.75, 3.05) is 4.90 Å². The monoisotopic (exact) mass is 623 g/mol. The quantitative estimate of drug-likeness (QED) is 0.196. The molecule has 2 unspecified atom stereocenters. The van der Waals surface area contributed by atoms with Crippen molar-refractivity contribution in [2.24, 2.45) is 0 Å². The minimum absolute atomic E-state index is 0.215. The van der Waals surface area contributed by atoms with E-state index in [0.29, 0.717) is 18.4 Å². The molecule has 5 aromatic carbocycles. The van der Waals surface area contributed by atoms with E-state index >= 15 is 0 Å². The zero-order valence-electron chi connectivity index (χ0n) is 26.7. The molecular weight excluding hydrogens is 591 g/mol. The van der Waals surface area contributed by atoms with E-state index in [1.807, 2.05) is 11.3 Å². The molecule has 0 bridgehead atoms. The molecular formula is C43H33N3S. The van der Waals surface area contributed by atoms with Gasteiger partial charge in [-0.3, -0.25) is 0 Å². The molecule has 0 saturated carbocycles. The summed E-state index contributed by atoms with van der Waals surface area (Å²) in [5.41, 5.74) is 13.6. The van der Waals surface area contributed by atoms with Crippen molar-refractivity contribution in [3.8, 4) is 22.6 Å². The van der Waals surface area contributed by atoms with Gasteiger partial charge in [-0.2, -0.15) is 0 Å². The first-order valence-corrected chi connectivity index (χ1v) is 17.4. The maximum absolute atomic E-state index is 5.53. The summed E-state index contributed by atoms with van der Waals surface area (Å²) < 4.78 is 2.60. The van der Waals surface area contributed by atoms with E-state index in [1.165, 1.54) is 64.9 Å². The van der Waals surface area contributed by atoms with Crippen LogP contribution in [-0.2, 0) is 12.0 Å². The summed E-state index contributed by atoms with van der Waals surface area (Å²) >= 11 is 1.85. The third kappa shape index (κ3) is 3.79. The van der Waals surface area contributed by atoms with Crippen molar-refractivity contribution in [1.82, 2.24) is 9.97 Å². The number of thiophene rings is 1. The molecule has 3 nitrogen and oxygen atoms in total. The highest BCUT2D eigenvalue weighted by atomic mass is 32.1. The van der Waals surface area contributed by atoms with Crippen LogP contribution in [0.4, 0.5) is 5.69 Å². The van der Waals surface area contributed by atoms with Gasteiger partial charge in [-0.15, -0.1) is 11.3 Å². The molecule has 226 valence electrons. The Balaban J connectivity index is 1.19. The Hall–Kier alpha value is -5.06. The van der Waals surface area contributed by atoms with Gasteiger partial charge in [0.2, 0.25) is 0 Å². The van der Waals surface area contributed by atoms with E-state index in [1.54, 1.807) is 0 Å². The van der Waals surface area contributed by atoms with E-state index < -0.39 is 0 Å². The number of fused-ring (bicyclic) bond motifs is 10. The highest BCUT2D eigenvalue weighted by Gasteiger charge is 2.43. The maximum Gasteiger partial charge on any atom is 0.160 e. The number of hydrogen-bond acceptors (Lipinski definition) is 4. The highest BCUT2D eigenvalue weighted by molar-refractivity contribution is 7.25. The van der Waals surface area contributed by atoms with E-state index in [-0.39, 0.29) is 5.41 Å². The fraction of sp³-hybridized carbons (Fsp3) is 0.163. The molecule has 2 atom stereocenters. The molecule has 0 spiro atoms. The van der Waals surface area contributed by atoms with Gasteiger partial charge in [0, 0.05) is 59.6 Å². The van der Waals surface area contributed by atoms with Crippen molar-refractivity contribution in [3.63, 3.8) is 0 Å². The average Bonchev–Trinajstić information content (AvgIpc) is 3.70. The Morgan fingerprint density at radius 2 is 1.49 bits per heavy atom. The molecule has 0 radical (unpaired) electrons. The van der Waals surface area contributed by atoms with Gasteiger partial charge < -0.3 is 4.90 Å². The Morgan fingerprint density at radius 1 is 0.745 bits per heavy atom. The van der Waals surface area contributed by atoms with Crippen LogP contribution in [0.2, 0.25) is 0 Å². The van der Waals surface area contributed by atoms with Gasteiger partial charge in [0.1, 0.15) is 0 Å². The summed E-state index contributed by atoms with van der Waals surface area (Å²) in [6.07, 6.45) is 2.43. The van der Waals surface area contributed by atoms with Crippen LogP contribution in [-0.4, -0.2) is 9.97 Å². The third-order valence-electron chi connectivity index (χ3n) is 10.9. The van der Waals surface area contributed by atoms with Crippen LogP contribution in [0.25, 0.3) is 48.9 Å². The summed E-state index contributed by atoms with van der Waals surface area (Å²) in [6.45, 7) is 7.76. The van der Waals surface area contributed by atoms with E-state index in [2.05, 4.69) is 147 Å². The van der Waals surface area contributed by atoms with Gasteiger partial charge in [0.05, 0.1) is 17.9 Å². The first kappa shape index (κ1) is 27.1. The fourth-order valence-corrected chi connectivity index (χ4v) is 9.80. The molecule has 7 aromatic rings. The number of hydrogen-bond donors (Lipinski definition) is 0. The second-order valence-corrected chi connectivity index (χ2v) is 14.9. The second kappa shape index (κ2) is 9.73. The topological polar surface area (TPSA) is 29.0 Å². The van der Waals surface area contributed by atoms with E-state index in [4.69, 9.17) is 9.97 Å². The van der Waals surface area contributed by atoms with E-state index in [9.17, 15) is 0 Å². The van der Waals surface area contributed by atoms with Crippen LogP contribution in [0, 0.1) is 0 Å². The number of para-hydroxylation sites is 1. The number of allylic oxidation sites excluding steroid dienone is 1. The number of anilines is 1. The number of aromatic nitrogens is 2. The molecule has 2 aliphatic carbocycles. The zero-order valence-corrected chi connectivity index (χ0v) is 27.5. The zero-order chi connectivity index (χ0) is 31.4. The highest BCUT2D eigenvalue weighted by Crippen LogP contribution is 2.55. The first-order valence-electron chi connectivity index (χ1n) is 16.6. The Morgan fingerprint density at radius 3 is 2.40 bits per heavy atom. The molecule has 3 aliphatic rings. The second-order valence-electron chi connectivity index (χ2n) is 13.8. The molecule has 0 N–H and O–H groups in total. The predicted octanol–water partition coefficient (Wildman–Crippen LogP) is 11.1. The van der Waals surface area contributed by atoms with Gasteiger partial charge in [-0.05, 0) is 64.6 Å². The SMILES string of the molecule is CC1c2ccccc2C=C2C1c1ccccc1N2Cc1nc(-c2ccc3sc4ccccc4c3c2)nc2c1C(C)(C)c1ccccc1-2. The Labute approximate surface area is 278 Å². The van der Waals surface area contributed by atoms with Crippen molar-refractivity contribution in [2.45, 2.75) is 44.6 Å². The lowest BCUT2D eigenvalue weighted by Gasteiger charge is -2.32.